The molecular formula is C15H21N3O2. The number of pyridine rings is 1. The van der Waals surface area contributed by atoms with E-state index in [1.165, 1.54) is 0 Å². The molecule has 0 aromatic carbocycles. The van der Waals surface area contributed by atoms with Crippen molar-refractivity contribution in [3.63, 3.8) is 0 Å². The number of nitrogens with zero attached hydrogens (tertiary/aromatic N) is 1. The maximum Gasteiger partial charge on any atom is 0.220 e. The second kappa shape index (κ2) is 5.89. The van der Waals surface area contributed by atoms with E-state index in [4.69, 9.17) is 10.5 Å². The van der Waals surface area contributed by atoms with Gasteiger partial charge in [-0.2, -0.15) is 0 Å². The zero-order valence-corrected chi connectivity index (χ0v) is 11.5. The van der Waals surface area contributed by atoms with Crippen molar-refractivity contribution in [3.8, 4) is 0 Å². The summed E-state index contributed by atoms with van der Waals surface area (Å²) in [5.74, 6) is 0.467. The summed E-state index contributed by atoms with van der Waals surface area (Å²) in [7, 11) is 0. The van der Waals surface area contributed by atoms with Crippen molar-refractivity contribution in [2.45, 2.75) is 43.9 Å². The Labute approximate surface area is 118 Å². The molecule has 2 fully saturated rings. The van der Waals surface area contributed by atoms with E-state index in [0.29, 0.717) is 18.8 Å². The Kier molecular flexibility index (Phi) is 3.98. The molecule has 20 heavy (non-hydrogen) atoms. The van der Waals surface area contributed by atoms with Gasteiger partial charge in [-0.15, -0.1) is 0 Å². The van der Waals surface area contributed by atoms with E-state index < -0.39 is 0 Å². The Bertz CT molecular complexity index is 465. The number of nitrogens with two attached hydrogens (primary N) is 1. The Balaban J connectivity index is 1.47. The number of carbonyl (C=O) groups excluding carboxylic acids is 1. The van der Waals surface area contributed by atoms with Crippen molar-refractivity contribution in [3.05, 3.63) is 30.1 Å². The van der Waals surface area contributed by atoms with Crippen LogP contribution < -0.4 is 11.1 Å². The molecule has 2 aliphatic rings. The van der Waals surface area contributed by atoms with E-state index in [1.54, 1.807) is 12.4 Å². The van der Waals surface area contributed by atoms with E-state index in [0.717, 1.165) is 25.0 Å². The topological polar surface area (TPSA) is 77.2 Å². The molecule has 1 aliphatic heterocycles. The van der Waals surface area contributed by atoms with Crippen LogP contribution >= 0.6 is 0 Å². The first-order valence-electron chi connectivity index (χ1n) is 7.31. The number of fused-ring (bicyclic) bond motifs is 1. The van der Waals surface area contributed by atoms with Crippen molar-refractivity contribution in [1.29, 1.82) is 0 Å². The number of ether oxygens (including phenoxy) is 1. The van der Waals surface area contributed by atoms with Crippen molar-refractivity contribution in [2.75, 3.05) is 6.61 Å². The van der Waals surface area contributed by atoms with E-state index in [-0.39, 0.29) is 24.1 Å². The molecule has 1 amide bonds. The van der Waals surface area contributed by atoms with Crippen LogP contribution in [0.5, 0.6) is 0 Å². The molecule has 108 valence electrons. The number of carbonyl (C=O) groups is 1. The van der Waals surface area contributed by atoms with Crippen LogP contribution in [0.15, 0.2) is 24.5 Å². The van der Waals surface area contributed by atoms with Crippen LogP contribution in [0.2, 0.25) is 0 Å². The van der Waals surface area contributed by atoms with E-state index in [9.17, 15) is 4.79 Å². The quantitative estimate of drug-likeness (QED) is 0.845. The lowest BCUT2D eigenvalue weighted by atomic mass is 9.68. The highest BCUT2D eigenvalue weighted by Crippen LogP contribution is 2.36. The minimum absolute atomic E-state index is 0.0123. The summed E-state index contributed by atoms with van der Waals surface area (Å²) in [5.41, 5.74) is 7.20. The van der Waals surface area contributed by atoms with Gasteiger partial charge >= 0.3 is 0 Å². The summed E-state index contributed by atoms with van der Waals surface area (Å²) in [5, 5.41) is 3.03. The number of amides is 1. The lowest BCUT2D eigenvalue weighted by Crippen LogP contribution is -2.72. The summed E-state index contributed by atoms with van der Waals surface area (Å²) < 4.78 is 5.72. The predicted molar refractivity (Wildman–Crippen MR) is 74.9 cm³/mol. The molecule has 4 unspecified atom stereocenters. The summed E-state index contributed by atoms with van der Waals surface area (Å²) in [6.45, 7) is 0.788. The summed E-state index contributed by atoms with van der Waals surface area (Å²) in [4.78, 5) is 16.0. The minimum Gasteiger partial charge on any atom is -0.376 e. The van der Waals surface area contributed by atoms with Crippen LogP contribution in [-0.4, -0.2) is 35.7 Å². The highest BCUT2D eigenvalue weighted by molar-refractivity contribution is 5.76. The lowest BCUT2D eigenvalue weighted by molar-refractivity contribution is -0.139. The van der Waals surface area contributed by atoms with E-state index >= 15 is 0 Å². The average molecular weight is 275 g/mol. The largest absolute Gasteiger partial charge is 0.376 e. The maximum atomic E-state index is 12.0. The molecule has 0 radical (unpaired) electrons. The van der Waals surface area contributed by atoms with Crippen LogP contribution in [0.1, 0.15) is 24.8 Å². The van der Waals surface area contributed by atoms with Crippen molar-refractivity contribution in [2.24, 2.45) is 11.7 Å². The zero-order chi connectivity index (χ0) is 13.9. The first kappa shape index (κ1) is 13.5. The van der Waals surface area contributed by atoms with E-state index in [1.807, 2.05) is 12.1 Å². The van der Waals surface area contributed by atoms with Gasteiger partial charge in [-0.25, -0.2) is 0 Å². The molecule has 5 nitrogen and oxygen atoms in total. The molecule has 5 heteroatoms. The summed E-state index contributed by atoms with van der Waals surface area (Å²) in [6.07, 6.45) is 7.02. The average Bonchev–Trinajstić information content (AvgIpc) is 2.51. The van der Waals surface area contributed by atoms with Crippen LogP contribution in [-0.2, 0) is 16.0 Å². The number of aryl methyl sites for hydroxylation is 1. The fourth-order valence-electron chi connectivity index (χ4n) is 3.19. The van der Waals surface area contributed by atoms with Gasteiger partial charge in [0, 0.05) is 37.4 Å². The Morgan fingerprint density at radius 2 is 2.45 bits per heavy atom. The molecular weight excluding hydrogens is 254 g/mol. The predicted octanol–water partition coefficient (Wildman–Crippen LogP) is 0.635. The summed E-state index contributed by atoms with van der Waals surface area (Å²) in [6, 6.07) is 3.90. The molecule has 0 bridgehead atoms. The number of hydrogen-bond donors (Lipinski definition) is 2. The smallest absolute Gasteiger partial charge is 0.220 e. The van der Waals surface area contributed by atoms with Gasteiger partial charge in [-0.05, 0) is 30.9 Å². The molecule has 2 heterocycles. The highest BCUT2D eigenvalue weighted by Gasteiger charge is 2.50. The van der Waals surface area contributed by atoms with E-state index in [2.05, 4.69) is 10.3 Å². The van der Waals surface area contributed by atoms with Gasteiger partial charge in [0.2, 0.25) is 5.91 Å². The Morgan fingerprint density at radius 1 is 1.55 bits per heavy atom. The second-order valence-electron chi connectivity index (χ2n) is 5.67. The zero-order valence-electron chi connectivity index (χ0n) is 11.5. The number of hydrogen-bond acceptors (Lipinski definition) is 4. The normalized spacial score (nSPS) is 32.0. The fraction of sp³-hybridized carbons (Fsp3) is 0.600. The third-order valence-electron chi connectivity index (χ3n) is 4.37. The van der Waals surface area contributed by atoms with Gasteiger partial charge in [0.15, 0.2) is 0 Å². The van der Waals surface area contributed by atoms with Crippen LogP contribution in [0, 0.1) is 5.92 Å². The van der Waals surface area contributed by atoms with Crippen molar-refractivity contribution >= 4 is 5.91 Å². The summed E-state index contributed by atoms with van der Waals surface area (Å²) >= 11 is 0. The van der Waals surface area contributed by atoms with Gasteiger partial charge in [-0.1, -0.05) is 6.07 Å². The second-order valence-corrected chi connectivity index (χ2v) is 5.67. The van der Waals surface area contributed by atoms with Crippen molar-refractivity contribution in [1.82, 2.24) is 10.3 Å². The van der Waals surface area contributed by atoms with Gasteiger partial charge in [0.25, 0.3) is 0 Å². The third-order valence-corrected chi connectivity index (χ3v) is 4.37. The molecule has 1 saturated heterocycles. The van der Waals surface area contributed by atoms with Crippen LogP contribution in [0.4, 0.5) is 0 Å². The van der Waals surface area contributed by atoms with Gasteiger partial charge in [-0.3, -0.25) is 9.78 Å². The first-order chi connectivity index (χ1) is 9.75. The Hall–Kier alpha value is -1.46. The number of rotatable bonds is 4. The van der Waals surface area contributed by atoms with Gasteiger partial charge in [0.05, 0.1) is 12.1 Å². The molecule has 3 rings (SSSR count). The monoisotopic (exact) mass is 275 g/mol. The first-order valence-corrected chi connectivity index (χ1v) is 7.31. The number of aromatic nitrogens is 1. The van der Waals surface area contributed by atoms with Crippen LogP contribution in [0.25, 0.3) is 0 Å². The number of nitrogens with one attached hydrogen (secondary N) is 1. The molecule has 3 N–H and O–H groups in total. The minimum atomic E-state index is -0.0123. The Morgan fingerprint density at radius 3 is 3.25 bits per heavy atom. The maximum absolute atomic E-state index is 12.0. The lowest BCUT2D eigenvalue weighted by Gasteiger charge is -2.52. The third kappa shape index (κ3) is 2.69. The van der Waals surface area contributed by atoms with Gasteiger partial charge < -0.3 is 15.8 Å². The molecule has 1 aromatic heterocycles. The fourth-order valence-corrected chi connectivity index (χ4v) is 3.19. The van der Waals surface area contributed by atoms with Crippen molar-refractivity contribution < 1.29 is 9.53 Å². The molecule has 0 spiro atoms. The molecule has 1 aromatic rings. The molecule has 4 atom stereocenters. The highest BCUT2D eigenvalue weighted by atomic mass is 16.5. The SMILES string of the molecule is NC1C2CCCOC2C1NC(=O)CCc1cccnc1. The standard InChI is InChI=1S/C15H21N3O2/c16-13-11-4-2-8-20-15(11)14(13)18-12(19)6-5-10-3-1-7-17-9-10/h1,3,7,9,11,13-15H,2,4-6,8,16H2,(H,18,19). The molecule has 1 aliphatic carbocycles. The van der Waals surface area contributed by atoms with Crippen LogP contribution in [0.3, 0.4) is 0 Å². The molecule has 1 saturated carbocycles. The van der Waals surface area contributed by atoms with Gasteiger partial charge in [0.1, 0.15) is 0 Å².